The third-order valence-corrected chi connectivity index (χ3v) is 5.22. The molecule has 3 heterocycles. The van der Waals surface area contributed by atoms with Crippen molar-refractivity contribution in [3.05, 3.63) is 36.0 Å². The second-order valence-electron chi connectivity index (χ2n) is 6.90. The van der Waals surface area contributed by atoms with Gasteiger partial charge in [0.1, 0.15) is 11.7 Å². The summed E-state index contributed by atoms with van der Waals surface area (Å²) in [6.45, 7) is 5.44. The predicted molar refractivity (Wildman–Crippen MR) is 98.0 cm³/mol. The number of fused-ring (bicyclic) bond motifs is 1. The maximum Gasteiger partial charge on any atom is 0.270 e. The van der Waals surface area contributed by atoms with E-state index in [9.17, 15) is 9.59 Å². The Kier molecular flexibility index (Phi) is 4.65. The minimum atomic E-state index is -0.292. The van der Waals surface area contributed by atoms with Crippen molar-refractivity contribution in [1.29, 1.82) is 0 Å². The quantitative estimate of drug-likeness (QED) is 0.836. The molecule has 0 unspecified atom stereocenters. The summed E-state index contributed by atoms with van der Waals surface area (Å²) >= 11 is 0. The van der Waals surface area contributed by atoms with Crippen LogP contribution in [0.5, 0.6) is 0 Å². The Morgan fingerprint density at radius 1 is 1.12 bits per heavy atom. The van der Waals surface area contributed by atoms with Gasteiger partial charge in [-0.25, -0.2) is 0 Å². The minimum absolute atomic E-state index is 0.0132. The Morgan fingerprint density at radius 3 is 2.58 bits per heavy atom. The van der Waals surface area contributed by atoms with E-state index in [0.29, 0.717) is 45.0 Å². The van der Waals surface area contributed by atoms with Gasteiger partial charge in [0.2, 0.25) is 5.91 Å². The molecule has 2 amide bonds. The summed E-state index contributed by atoms with van der Waals surface area (Å²) in [5, 5.41) is 4.27. The lowest BCUT2D eigenvalue weighted by Gasteiger charge is -2.38. The van der Waals surface area contributed by atoms with Crippen LogP contribution in [0.4, 0.5) is 0 Å². The Morgan fingerprint density at radius 2 is 1.85 bits per heavy atom. The van der Waals surface area contributed by atoms with Gasteiger partial charge in [0.15, 0.2) is 0 Å². The number of amides is 2. The lowest BCUT2D eigenvalue weighted by atomic mass is 10.1. The maximum atomic E-state index is 12.8. The summed E-state index contributed by atoms with van der Waals surface area (Å²) in [6, 6.07) is 9.45. The summed E-state index contributed by atoms with van der Waals surface area (Å²) in [6.07, 6.45) is -0.123. The first-order chi connectivity index (χ1) is 12.6. The predicted octanol–water partition coefficient (Wildman–Crippen LogP) is 0.829. The summed E-state index contributed by atoms with van der Waals surface area (Å²) in [5.74, 6) is 0.0516. The molecule has 2 fully saturated rings. The highest BCUT2D eigenvalue weighted by atomic mass is 16.5. The number of carbonyl (C=O) groups excluding carboxylic acids is 2. The molecule has 138 valence electrons. The van der Waals surface area contributed by atoms with Crippen LogP contribution < -0.4 is 5.32 Å². The minimum Gasteiger partial charge on any atom is -0.375 e. The molecule has 2 N–H and O–H groups in total. The van der Waals surface area contributed by atoms with E-state index in [1.165, 1.54) is 0 Å². The Hall–Kier alpha value is -2.38. The average molecular weight is 356 g/mol. The first-order valence-corrected chi connectivity index (χ1v) is 9.14. The van der Waals surface area contributed by atoms with Gasteiger partial charge in [0.05, 0.1) is 12.7 Å². The number of nitrogens with one attached hydrogen (secondary N) is 2. The third kappa shape index (κ3) is 3.20. The highest BCUT2D eigenvalue weighted by Crippen LogP contribution is 2.17. The number of para-hydroxylation sites is 1. The Balaban J connectivity index is 1.38. The summed E-state index contributed by atoms with van der Waals surface area (Å²) < 4.78 is 5.57. The summed E-state index contributed by atoms with van der Waals surface area (Å²) in [4.78, 5) is 32.3. The first kappa shape index (κ1) is 17.1. The number of piperazine rings is 1. The molecule has 0 bridgehead atoms. The standard InChI is InChI=1S/C19H24N4O3/c1-13-17(20-6-11-26-13)19(25)23-9-7-22(8-10-23)18(24)16-12-14-4-2-3-5-15(14)21-16/h2-5,12-13,17,20-21H,6-11H2,1H3/t13-,17+/m1/s1. The highest BCUT2D eigenvalue weighted by molar-refractivity contribution is 5.98. The second-order valence-corrected chi connectivity index (χ2v) is 6.90. The van der Waals surface area contributed by atoms with Gasteiger partial charge in [-0.2, -0.15) is 0 Å². The highest BCUT2D eigenvalue weighted by Gasteiger charge is 2.34. The van der Waals surface area contributed by atoms with Crippen LogP contribution in [0.2, 0.25) is 0 Å². The van der Waals surface area contributed by atoms with E-state index in [1.807, 2.05) is 47.1 Å². The summed E-state index contributed by atoms with van der Waals surface area (Å²) in [5.41, 5.74) is 1.56. The molecular formula is C19H24N4O3. The number of carbonyl (C=O) groups is 2. The molecule has 0 aliphatic carbocycles. The molecule has 1 aromatic carbocycles. The fourth-order valence-corrected chi connectivity index (χ4v) is 3.70. The van der Waals surface area contributed by atoms with E-state index in [1.54, 1.807) is 0 Å². The van der Waals surface area contributed by atoms with Crippen molar-refractivity contribution in [1.82, 2.24) is 20.1 Å². The van der Waals surface area contributed by atoms with Gasteiger partial charge >= 0.3 is 0 Å². The van der Waals surface area contributed by atoms with E-state index >= 15 is 0 Å². The van der Waals surface area contributed by atoms with Crippen LogP contribution in [-0.2, 0) is 9.53 Å². The molecule has 2 aromatic rings. The second kappa shape index (κ2) is 7.09. The molecular weight excluding hydrogens is 332 g/mol. The molecule has 2 saturated heterocycles. The smallest absolute Gasteiger partial charge is 0.270 e. The maximum absolute atomic E-state index is 12.8. The molecule has 7 nitrogen and oxygen atoms in total. The molecule has 0 spiro atoms. The molecule has 0 saturated carbocycles. The van der Waals surface area contributed by atoms with Gasteiger partial charge in [-0.3, -0.25) is 9.59 Å². The lowest BCUT2D eigenvalue weighted by molar-refractivity contribution is -0.140. The number of aromatic amines is 1. The molecule has 0 radical (unpaired) electrons. The molecule has 4 rings (SSSR count). The number of rotatable bonds is 2. The van der Waals surface area contributed by atoms with Crippen LogP contribution in [0.1, 0.15) is 17.4 Å². The number of nitrogens with zero attached hydrogens (tertiary/aromatic N) is 2. The molecule has 1 aromatic heterocycles. The van der Waals surface area contributed by atoms with Gasteiger partial charge in [-0.05, 0) is 19.1 Å². The number of benzene rings is 1. The molecule has 26 heavy (non-hydrogen) atoms. The topological polar surface area (TPSA) is 77.7 Å². The van der Waals surface area contributed by atoms with Crippen LogP contribution >= 0.6 is 0 Å². The third-order valence-electron chi connectivity index (χ3n) is 5.22. The zero-order valence-corrected chi connectivity index (χ0v) is 14.9. The van der Waals surface area contributed by atoms with Gasteiger partial charge in [0.25, 0.3) is 5.91 Å². The Labute approximate surface area is 152 Å². The summed E-state index contributed by atoms with van der Waals surface area (Å²) in [7, 11) is 0. The van der Waals surface area contributed by atoms with Crippen molar-refractivity contribution >= 4 is 22.7 Å². The van der Waals surface area contributed by atoms with Crippen LogP contribution in [0.25, 0.3) is 10.9 Å². The van der Waals surface area contributed by atoms with Crippen molar-refractivity contribution < 1.29 is 14.3 Å². The van der Waals surface area contributed by atoms with Gasteiger partial charge < -0.3 is 24.8 Å². The van der Waals surface area contributed by atoms with Crippen molar-refractivity contribution in [2.75, 3.05) is 39.3 Å². The van der Waals surface area contributed by atoms with Crippen molar-refractivity contribution in [3.8, 4) is 0 Å². The van der Waals surface area contributed by atoms with Crippen LogP contribution in [0.15, 0.2) is 30.3 Å². The zero-order chi connectivity index (χ0) is 18.1. The molecule has 2 atom stereocenters. The van der Waals surface area contributed by atoms with Crippen LogP contribution in [0.3, 0.4) is 0 Å². The number of morpholine rings is 1. The number of H-pyrrole nitrogens is 1. The molecule has 2 aliphatic heterocycles. The van der Waals surface area contributed by atoms with E-state index in [4.69, 9.17) is 4.74 Å². The Bertz CT molecular complexity index is 777. The number of ether oxygens (including phenoxy) is 1. The van der Waals surface area contributed by atoms with E-state index < -0.39 is 0 Å². The largest absolute Gasteiger partial charge is 0.375 e. The number of hydrogen-bond donors (Lipinski definition) is 2. The SMILES string of the molecule is C[C@H]1OCCN[C@@H]1C(=O)N1CCN(C(=O)c2cc3ccccc3[nH]2)CC1. The van der Waals surface area contributed by atoms with Gasteiger partial charge in [-0.1, -0.05) is 18.2 Å². The average Bonchev–Trinajstić information content (AvgIpc) is 3.11. The van der Waals surface area contributed by atoms with E-state index in [-0.39, 0.29) is 24.0 Å². The molecule has 7 heteroatoms. The van der Waals surface area contributed by atoms with E-state index in [0.717, 1.165) is 10.9 Å². The van der Waals surface area contributed by atoms with E-state index in [2.05, 4.69) is 10.3 Å². The first-order valence-electron chi connectivity index (χ1n) is 9.14. The zero-order valence-electron chi connectivity index (χ0n) is 14.9. The van der Waals surface area contributed by atoms with Crippen molar-refractivity contribution in [2.24, 2.45) is 0 Å². The van der Waals surface area contributed by atoms with Gasteiger partial charge in [-0.15, -0.1) is 0 Å². The molecule has 2 aliphatic rings. The van der Waals surface area contributed by atoms with Crippen LogP contribution in [-0.4, -0.2) is 78.1 Å². The number of hydrogen-bond acceptors (Lipinski definition) is 4. The number of aromatic nitrogens is 1. The normalized spacial score (nSPS) is 24.0. The van der Waals surface area contributed by atoms with Crippen molar-refractivity contribution in [2.45, 2.75) is 19.1 Å². The fraction of sp³-hybridized carbons (Fsp3) is 0.474. The van der Waals surface area contributed by atoms with Crippen LogP contribution in [0, 0.1) is 0 Å². The lowest BCUT2D eigenvalue weighted by Crippen LogP contribution is -2.60. The van der Waals surface area contributed by atoms with Gasteiger partial charge in [0, 0.05) is 43.6 Å². The monoisotopic (exact) mass is 356 g/mol. The fourth-order valence-electron chi connectivity index (χ4n) is 3.70. The van der Waals surface area contributed by atoms with Crippen molar-refractivity contribution in [3.63, 3.8) is 0 Å².